The van der Waals surface area contributed by atoms with E-state index in [1.807, 2.05) is 12.1 Å². The third kappa shape index (κ3) is 3.65. The van der Waals surface area contributed by atoms with Crippen LogP contribution in [-0.4, -0.2) is 25.8 Å². The van der Waals surface area contributed by atoms with Gasteiger partial charge in [0.2, 0.25) is 10.0 Å². The minimum Gasteiger partial charge on any atom is -0.207 e. The Bertz CT molecular complexity index is 741. The van der Waals surface area contributed by atoms with Gasteiger partial charge in [0.05, 0.1) is 4.90 Å². The van der Waals surface area contributed by atoms with Gasteiger partial charge >= 0.3 is 0 Å². The maximum Gasteiger partial charge on any atom is 0.243 e. The zero-order valence-corrected chi connectivity index (χ0v) is 14.3. The Hall–Kier alpha value is -1.65. The number of nitrogens with zero attached hydrogens (tertiary/aromatic N) is 1. The maximum absolute atomic E-state index is 12.8. The Labute approximate surface area is 139 Å². The van der Waals surface area contributed by atoms with Gasteiger partial charge in [0.25, 0.3) is 0 Å². The molecule has 2 aromatic rings. The summed E-state index contributed by atoms with van der Waals surface area (Å²) < 4.78 is 27.2. The molecule has 122 valence electrons. The van der Waals surface area contributed by atoms with E-state index in [1.54, 1.807) is 16.4 Å². The van der Waals surface area contributed by atoms with Crippen LogP contribution in [-0.2, 0) is 10.0 Å². The lowest BCUT2D eigenvalue weighted by Crippen LogP contribution is -2.31. The highest BCUT2D eigenvalue weighted by atomic mass is 32.2. The van der Waals surface area contributed by atoms with E-state index in [0.29, 0.717) is 18.0 Å². The lowest BCUT2D eigenvalue weighted by Gasteiger charge is -2.20. The quantitative estimate of drug-likeness (QED) is 0.845. The van der Waals surface area contributed by atoms with Crippen molar-refractivity contribution in [3.8, 4) is 11.1 Å². The number of hydrogen-bond donors (Lipinski definition) is 0. The predicted molar refractivity (Wildman–Crippen MR) is 93.8 cm³/mol. The molecule has 0 aromatic heterocycles. The smallest absolute Gasteiger partial charge is 0.207 e. The van der Waals surface area contributed by atoms with E-state index in [9.17, 15) is 8.42 Å². The number of hydrogen-bond acceptors (Lipinski definition) is 2. The molecule has 3 rings (SSSR count). The molecule has 0 unspecified atom stereocenters. The average molecular weight is 329 g/mol. The van der Waals surface area contributed by atoms with Crippen LogP contribution in [0.3, 0.4) is 0 Å². The summed E-state index contributed by atoms with van der Waals surface area (Å²) in [5.74, 6) is 0. The third-order valence-electron chi connectivity index (χ3n) is 4.44. The number of benzene rings is 2. The summed E-state index contributed by atoms with van der Waals surface area (Å²) >= 11 is 0. The van der Waals surface area contributed by atoms with Crippen molar-refractivity contribution in [1.82, 2.24) is 4.31 Å². The zero-order chi connectivity index (χ0) is 16.3. The second-order valence-electron chi connectivity index (χ2n) is 6.21. The maximum atomic E-state index is 12.8. The molecule has 1 aliphatic heterocycles. The normalized spacial score (nSPS) is 16.9. The summed E-state index contributed by atoms with van der Waals surface area (Å²) in [5, 5.41) is 0. The van der Waals surface area contributed by atoms with Gasteiger partial charge in [-0.2, -0.15) is 4.31 Å². The van der Waals surface area contributed by atoms with Crippen molar-refractivity contribution in [2.45, 2.75) is 37.5 Å². The molecule has 0 atom stereocenters. The number of sulfonamides is 1. The fourth-order valence-electron chi connectivity index (χ4n) is 3.00. The molecule has 1 fully saturated rings. The second kappa shape index (κ2) is 6.85. The molecule has 0 saturated carbocycles. The van der Waals surface area contributed by atoms with Gasteiger partial charge in [-0.25, -0.2) is 8.42 Å². The Kier molecular flexibility index (Phi) is 4.83. The molecule has 0 radical (unpaired) electrons. The van der Waals surface area contributed by atoms with E-state index < -0.39 is 10.0 Å². The first-order valence-electron chi connectivity index (χ1n) is 8.25. The van der Waals surface area contributed by atoms with E-state index in [2.05, 4.69) is 31.2 Å². The molecule has 0 bridgehead atoms. The fraction of sp³-hybridized carbons (Fsp3) is 0.368. The van der Waals surface area contributed by atoms with Crippen LogP contribution in [0.5, 0.6) is 0 Å². The van der Waals surface area contributed by atoms with Gasteiger partial charge < -0.3 is 0 Å². The molecule has 4 heteroatoms. The van der Waals surface area contributed by atoms with Crippen LogP contribution in [0.4, 0.5) is 0 Å². The highest BCUT2D eigenvalue weighted by Gasteiger charge is 2.24. The molecule has 1 heterocycles. The zero-order valence-electron chi connectivity index (χ0n) is 13.5. The minimum absolute atomic E-state index is 0.398. The summed E-state index contributed by atoms with van der Waals surface area (Å²) in [6, 6.07) is 15.5. The first-order chi connectivity index (χ1) is 11.1. The Morgan fingerprint density at radius 2 is 1.22 bits per heavy atom. The van der Waals surface area contributed by atoms with E-state index in [4.69, 9.17) is 0 Å². The molecular formula is C19H23NO2S. The minimum atomic E-state index is -3.36. The fourth-order valence-corrected chi connectivity index (χ4v) is 4.51. The van der Waals surface area contributed by atoms with Crippen molar-refractivity contribution in [2.24, 2.45) is 0 Å². The number of aryl methyl sites for hydroxylation is 1. The first kappa shape index (κ1) is 16.2. The van der Waals surface area contributed by atoms with Gasteiger partial charge in [0.1, 0.15) is 0 Å². The SMILES string of the molecule is Cc1ccc(-c2ccc(S(=O)(=O)N3CCCCCC3)cc2)cc1. The van der Waals surface area contributed by atoms with E-state index in [1.165, 1.54) is 5.56 Å². The molecule has 0 amide bonds. The molecule has 1 aliphatic rings. The van der Waals surface area contributed by atoms with Crippen molar-refractivity contribution in [1.29, 1.82) is 0 Å². The van der Waals surface area contributed by atoms with Gasteiger partial charge in [0.15, 0.2) is 0 Å². The topological polar surface area (TPSA) is 37.4 Å². The largest absolute Gasteiger partial charge is 0.243 e. The highest BCUT2D eigenvalue weighted by Crippen LogP contribution is 2.24. The van der Waals surface area contributed by atoms with Gasteiger partial charge in [-0.3, -0.25) is 0 Å². The van der Waals surface area contributed by atoms with E-state index >= 15 is 0 Å². The van der Waals surface area contributed by atoms with Crippen LogP contribution in [0, 0.1) is 6.92 Å². The summed E-state index contributed by atoms with van der Waals surface area (Å²) in [4.78, 5) is 0.398. The van der Waals surface area contributed by atoms with Crippen molar-refractivity contribution in [3.05, 3.63) is 54.1 Å². The van der Waals surface area contributed by atoms with E-state index in [-0.39, 0.29) is 0 Å². The van der Waals surface area contributed by atoms with Crippen LogP contribution >= 0.6 is 0 Å². The number of rotatable bonds is 3. The van der Waals surface area contributed by atoms with Crippen molar-refractivity contribution >= 4 is 10.0 Å². The molecule has 23 heavy (non-hydrogen) atoms. The molecule has 1 saturated heterocycles. The van der Waals surface area contributed by atoms with Crippen molar-refractivity contribution in [2.75, 3.05) is 13.1 Å². The van der Waals surface area contributed by atoms with Gasteiger partial charge in [-0.15, -0.1) is 0 Å². The monoisotopic (exact) mass is 329 g/mol. The van der Waals surface area contributed by atoms with Crippen molar-refractivity contribution in [3.63, 3.8) is 0 Å². The summed E-state index contributed by atoms with van der Waals surface area (Å²) in [6.07, 6.45) is 4.16. The molecule has 3 nitrogen and oxygen atoms in total. The second-order valence-corrected chi connectivity index (χ2v) is 8.15. The van der Waals surface area contributed by atoms with Crippen LogP contribution in [0.2, 0.25) is 0 Å². The summed E-state index contributed by atoms with van der Waals surface area (Å²) in [7, 11) is -3.36. The summed E-state index contributed by atoms with van der Waals surface area (Å²) in [5.41, 5.74) is 3.36. The summed E-state index contributed by atoms with van der Waals surface area (Å²) in [6.45, 7) is 3.34. The Balaban J connectivity index is 1.84. The lowest BCUT2D eigenvalue weighted by atomic mass is 10.0. The van der Waals surface area contributed by atoms with Crippen molar-refractivity contribution < 1.29 is 8.42 Å². The molecule has 0 aliphatic carbocycles. The van der Waals surface area contributed by atoms with Gasteiger partial charge in [0, 0.05) is 13.1 Å². The highest BCUT2D eigenvalue weighted by molar-refractivity contribution is 7.89. The van der Waals surface area contributed by atoms with Crippen LogP contribution < -0.4 is 0 Å². The molecular weight excluding hydrogens is 306 g/mol. The Morgan fingerprint density at radius 3 is 1.74 bits per heavy atom. The average Bonchev–Trinajstić information content (AvgIpc) is 2.85. The molecule has 2 aromatic carbocycles. The lowest BCUT2D eigenvalue weighted by molar-refractivity contribution is 0.424. The third-order valence-corrected chi connectivity index (χ3v) is 6.35. The first-order valence-corrected chi connectivity index (χ1v) is 9.69. The van der Waals surface area contributed by atoms with Crippen LogP contribution in [0.1, 0.15) is 31.2 Å². The molecule has 0 N–H and O–H groups in total. The van der Waals surface area contributed by atoms with Crippen LogP contribution in [0.15, 0.2) is 53.4 Å². The van der Waals surface area contributed by atoms with Gasteiger partial charge in [-0.05, 0) is 43.0 Å². The predicted octanol–water partition coefficient (Wildman–Crippen LogP) is 4.23. The van der Waals surface area contributed by atoms with E-state index in [0.717, 1.165) is 36.8 Å². The Morgan fingerprint density at radius 1 is 0.739 bits per heavy atom. The van der Waals surface area contributed by atoms with Crippen LogP contribution in [0.25, 0.3) is 11.1 Å². The standard InChI is InChI=1S/C19H23NO2S/c1-16-6-8-17(9-7-16)18-10-12-19(13-11-18)23(21,22)20-14-4-2-3-5-15-20/h6-13H,2-5,14-15H2,1H3. The van der Waals surface area contributed by atoms with Gasteiger partial charge in [-0.1, -0.05) is 54.8 Å². The molecule has 0 spiro atoms.